The molecule has 2 aliphatic carbocycles. The summed E-state index contributed by atoms with van der Waals surface area (Å²) in [6.45, 7) is 2.89. The number of carbonyl (C=O) groups is 1. The molecule has 0 atom stereocenters. The molecule has 2 aromatic heterocycles. The van der Waals surface area contributed by atoms with Gasteiger partial charge in [-0.15, -0.1) is 0 Å². The number of pyridine rings is 1. The molecule has 0 bridgehead atoms. The fourth-order valence-electron chi connectivity index (χ4n) is 5.38. The minimum atomic E-state index is -2.96. The van der Waals surface area contributed by atoms with Gasteiger partial charge < -0.3 is 14.6 Å². The standard InChI is InChI=1S/C21H25F2N3O2/c1-19(28)7-14(8-19)18(27)26-11-20(12-26)9-15(10-20)21(22,23)16-4-3-13-5-6-25(2)17(13)24-16/h3-6,14-15,28H,7-12H2,1-2H3/t14-,19+. The lowest BCUT2D eigenvalue weighted by Crippen LogP contribution is -2.67. The lowest BCUT2D eigenvalue weighted by molar-refractivity contribution is -0.198. The SMILES string of the molecule is Cn1ccc2ccc(C(F)(F)C3CC4(C3)CN(C(=O)[C@H]3C[C@@](C)(O)C3)C4)nc21. The summed E-state index contributed by atoms with van der Waals surface area (Å²) >= 11 is 0. The molecule has 5 nitrogen and oxygen atoms in total. The first-order valence-electron chi connectivity index (χ1n) is 9.90. The molecule has 2 aromatic rings. The average molecular weight is 389 g/mol. The van der Waals surface area contributed by atoms with Gasteiger partial charge in [-0.3, -0.25) is 4.79 Å². The van der Waals surface area contributed by atoms with E-state index in [1.165, 1.54) is 6.07 Å². The summed E-state index contributed by atoms with van der Waals surface area (Å²) in [5.41, 5.74) is -0.460. The Morgan fingerprint density at radius 1 is 1.21 bits per heavy atom. The Balaban J connectivity index is 1.22. The number of amides is 1. The first-order chi connectivity index (χ1) is 13.1. The van der Waals surface area contributed by atoms with E-state index in [0.29, 0.717) is 44.4 Å². The van der Waals surface area contributed by atoms with Crippen molar-refractivity contribution in [2.75, 3.05) is 13.1 Å². The van der Waals surface area contributed by atoms with Crippen LogP contribution in [0.25, 0.3) is 11.0 Å². The van der Waals surface area contributed by atoms with Gasteiger partial charge in [0.1, 0.15) is 11.3 Å². The van der Waals surface area contributed by atoms with Gasteiger partial charge >= 0.3 is 0 Å². The van der Waals surface area contributed by atoms with Crippen molar-refractivity contribution >= 4 is 16.9 Å². The molecule has 28 heavy (non-hydrogen) atoms. The molecule has 0 unspecified atom stereocenters. The molecule has 150 valence electrons. The number of alkyl halides is 2. The molecule has 3 aliphatic rings. The molecule has 0 radical (unpaired) electrons. The van der Waals surface area contributed by atoms with E-state index in [0.717, 1.165) is 5.39 Å². The molecule has 1 aliphatic heterocycles. The summed E-state index contributed by atoms with van der Waals surface area (Å²) in [5.74, 6) is -3.71. The van der Waals surface area contributed by atoms with Gasteiger partial charge in [-0.2, -0.15) is 8.78 Å². The molecule has 3 heterocycles. The van der Waals surface area contributed by atoms with Crippen LogP contribution in [0.2, 0.25) is 0 Å². The highest BCUT2D eigenvalue weighted by Gasteiger charge is 2.62. The summed E-state index contributed by atoms with van der Waals surface area (Å²) in [4.78, 5) is 18.4. The zero-order chi connectivity index (χ0) is 19.9. The topological polar surface area (TPSA) is 58.4 Å². The second kappa shape index (κ2) is 5.53. The second-order valence-electron chi connectivity index (χ2n) is 9.56. The smallest absolute Gasteiger partial charge is 0.292 e. The highest BCUT2D eigenvalue weighted by atomic mass is 19.3. The number of hydrogen-bond acceptors (Lipinski definition) is 3. The molecule has 0 aromatic carbocycles. The van der Waals surface area contributed by atoms with Gasteiger partial charge in [-0.1, -0.05) is 0 Å². The predicted octanol–water partition coefficient (Wildman–Crippen LogP) is 3.06. The maximum Gasteiger partial charge on any atom is 0.292 e. The van der Waals surface area contributed by atoms with Gasteiger partial charge in [0.15, 0.2) is 0 Å². The molecule has 1 amide bonds. The number of likely N-dealkylation sites (tertiary alicyclic amines) is 1. The number of aromatic nitrogens is 2. The van der Waals surface area contributed by atoms with Crippen LogP contribution in [-0.2, 0) is 17.8 Å². The van der Waals surface area contributed by atoms with Crippen molar-refractivity contribution in [3.05, 3.63) is 30.1 Å². The maximum absolute atomic E-state index is 15.0. The Bertz CT molecular complexity index is 946. The molecule has 2 saturated carbocycles. The van der Waals surface area contributed by atoms with Crippen molar-refractivity contribution < 1.29 is 18.7 Å². The van der Waals surface area contributed by atoms with E-state index in [2.05, 4.69) is 4.98 Å². The third-order valence-corrected chi connectivity index (χ3v) is 7.02. The van der Waals surface area contributed by atoms with Crippen molar-refractivity contribution in [2.45, 2.75) is 44.1 Å². The molecule has 5 rings (SSSR count). The van der Waals surface area contributed by atoms with E-state index in [1.54, 1.807) is 29.5 Å². The fraction of sp³-hybridized carbons (Fsp3) is 0.619. The molecule has 7 heteroatoms. The Morgan fingerprint density at radius 3 is 2.54 bits per heavy atom. The van der Waals surface area contributed by atoms with Crippen molar-refractivity contribution in [1.82, 2.24) is 14.5 Å². The molecule has 1 N–H and O–H groups in total. The van der Waals surface area contributed by atoms with E-state index < -0.39 is 17.4 Å². The van der Waals surface area contributed by atoms with Gasteiger partial charge in [0.25, 0.3) is 5.92 Å². The van der Waals surface area contributed by atoms with Crippen molar-refractivity contribution in [2.24, 2.45) is 24.3 Å². The van der Waals surface area contributed by atoms with E-state index in [9.17, 15) is 9.90 Å². The van der Waals surface area contributed by atoms with Gasteiger partial charge in [0.2, 0.25) is 5.91 Å². The highest BCUT2D eigenvalue weighted by Crippen LogP contribution is 2.59. The first-order valence-corrected chi connectivity index (χ1v) is 9.90. The predicted molar refractivity (Wildman–Crippen MR) is 99.7 cm³/mol. The van der Waals surface area contributed by atoms with Crippen LogP contribution in [-0.4, -0.2) is 44.2 Å². The minimum absolute atomic E-state index is 0.0724. The summed E-state index contributed by atoms with van der Waals surface area (Å²) < 4.78 is 31.8. The lowest BCUT2D eigenvalue weighted by atomic mass is 9.55. The van der Waals surface area contributed by atoms with Crippen LogP contribution < -0.4 is 0 Å². The number of aliphatic hydroxyl groups is 1. The first kappa shape index (κ1) is 18.0. The summed E-state index contributed by atoms with van der Waals surface area (Å²) in [6.07, 6.45) is 3.68. The lowest BCUT2D eigenvalue weighted by Gasteiger charge is -2.61. The fourth-order valence-corrected chi connectivity index (χ4v) is 5.38. The Morgan fingerprint density at radius 2 is 1.89 bits per heavy atom. The van der Waals surface area contributed by atoms with Gasteiger partial charge in [-0.05, 0) is 50.8 Å². The number of nitrogens with zero attached hydrogens (tertiary/aromatic N) is 3. The van der Waals surface area contributed by atoms with Crippen molar-refractivity contribution in [3.8, 4) is 0 Å². The largest absolute Gasteiger partial charge is 0.390 e. The van der Waals surface area contributed by atoms with Gasteiger partial charge in [0, 0.05) is 49.0 Å². The minimum Gasteiger partial charge on any atom is -0.390 e. The number of hydrogen-bond donors (Lipinski definition) is 1. The average Bonchev–Trinajstić information content (AvgIpc) is 2.90. The third-order valence-electron chi connectivity index (χ3n) is 7.02. The van der Waals surface area contributed by atoms with Crippen LogP contribution in [0.3, 0.4) is 0 Å². The second-order valence-corrected chi connectivity index (χ2v) is 9.56. The highest BCUT2D eigenvalue weighted by molar-refractivity contribution is 5.81. The van der Waals surface area contributed by atoms with Gasteiger partial charge in [-0.25, -0.2) is 4.98 Å². The van der Waals surface area contributed by atoms with E-state index in [-0.39, 0.29) is 22.9 Å². The van der Waals surface area contributed by atoms with Crippen LogP contribution in [0.15, 0.2) is 24.4 Å². The normalized spacial score (nSPS) is 29.5. The Labute approximate surface area is 162 Å². The van der Waals surface area contributed by atoms with E-state index in [1.807, 2.05) is 12.3 Å². The van der Waals surface area contributed by atoms with Gasteiger partial charge in [0.05, 0.1) is 5.60 Å². The summed E-state index contributed by atoms with van der Waals surface area (Å²) in [5, 5.41) is 10.7. The number of rotatable bonds is 3. The molecule has 1 saturated heterocycles. The summed E-state index contributed by atoms with van der Waals surface area (Å²) in [7, 11) is 1.80. The van der Waals surface area contributed by atoms with Crippen LogP contribution in [0.5, 0.6) is 0 Å². The zero-order valence-corrected chi connectivity index (χ0v) is 16.2. The molecule has 1 spiro atoms. The van der Waals surface area contributed by atoms with Crippen LogP contribution in [0.1, 0.15) is 38.3 Å². The number of aryl methyl sites for hydroxylation is 1. The van der Waals surface area contributed by atoms with E-state index >= 15 is 8.78 Å². The Kier molecular flexibility index (Phi) is 3.56. The molecule has 3 fully saturated rings. The third kappa shape index (κ3) is 2.59. The van der Waals surface area contributed by atoms with Crippen molar-refractivity contribution in [1.29, 1.82) is 0 Å². The number of carbonyl (C=O) groups excluding carboxylic acids is 1. The molecular formula is C21H25F2N3O2. The van der Waals surface area contributed by atoms with Crippen molar-refractivity contribution in [3.63, 3.8) is 0 Å². The molecular weight excluding hydrogens is 364 g/mol. The monoisotopic (exact) mass is 389 g/mol. The van der Waals surface area contributed by atoms with Crippen LogP contribution in [0.4, 0.5) is 8.78 Å². The zero-order valence-electron chi connectivity index (χ0n) is 16.2. The quantitative estimate of drug-likeness (QED) is 0.878. The van der Waals surface area contributed by atoms with Crippen LogP contribution in [0, 0.1) is 17.3 Å². The van der Waals surface area contributed by atoms with Crippen LogP contribution >= 0.6 is 0 Å². The van der Waals surface area contributed by atoms with E-state index in [4.69, 9.17) is 0 Å². The maximum atomic E-state index is 15.0. The number of fused-ring (bicyclic) bond motifs is 1. The summed E-state index contributed by atoms with van der Waals surface area (Å²) in [6, 6.07) is 5.01. The number of halogens is 2. The Hall–Kier alpha value is -2.02.